The van der Waals surface area contributed by atoms with Crippen molar-refractivity contribution in [1.29, 1.82) is 0 Å². The van der Waals surface area contributed by atoms with Crippen LogP contribution in [0.15, 0.2) is 53.4 Å². The van der Waals surface area contributed by atoms with E-state index in [9.17, 15) is 9.35 Å². The summed E-state index contributed by atoms with van der Waals surface area (Å²) in [5.41, 5.74) is 1.73. The molecule has 1 unspecified atom stereocenters. The molecule has 0 heterocycles. The SMILES string of the molecule is CCc1ccc([S+]([O-])NC(=O)Nc2ccc(Cl)cc2)cc1. The molecule has 0 saturated carbocycles. The van der Waals surface area contributed by atoms with Gasteiger partial charge in [-0.05, 0) is 48.4 Å². The summed E-state index contributed by atoms with van der Waals surface area (Å²) >= 11 is 4.17. The second kappa shape index (κ2) is 7.36. The smallest absolute Gasteiger partial charge is 0.361 e. The predicted octanol–water partition coefficient (Wildman–Crippen LogP) is 3.75. The van der Waals surface area contributed by atoms with Gasteiger partial charge in [0.1, 0.15) is 11.4 Å². The van der Waals surface area contributed by atoms with Gasteiger partial charge in [-0.3, -0.25) is 0 Å². The van der Waals surface area contributed by atoms with E-state index in [1.54, 1.807) is 36.4 Å². The minimum atomic E-state index is -1.59. The predicted molar refractivity (Wildman–Crippen MR) is 85.8 cm³/mol. The number of hydrogen-bond acceptors (Lipinski definition) is 2. The maximum Gasteiger partial charge on any atom is 0.361 e. The Labute approximate surface area is 131 Å². The van der Waals surface area contributed by atoms with Gasteiger partial charge in [0.25, 0.3) is 0 Å². The normalized spacial score (nSPS) is 11.8. The quantitative estimate of drug-likeness (QED) is 0.842. The number of amides is 2. The van der Waals surface area contributed by atoms with E-state index in [0.717, 1.165) is 12.0 Å². The lowest BCUT2D eigenvalue weighted by Crippen LogP contribution is -2.34. The van der Waals surface area contributed by atoms with Gasteiger partial charge in [-0.1, -0.05) is 30.7 Å². The zero-order valence-corrected chi connectivity index (χ0v) is 13.0. The van der Waals surface area contributed by atoms with Crippen molar-refractivity contribution in [3.05, 3.63) is 59.1 Å². The minimum Gasteiger partial charge on any atom is -0.588 e. The second-order valence-electron chi connectivity index (χ2n) is 4.33. The first-order valence-electron chi connectivity index (χ1n) is 6.42. The van der Waals surface area contributed by atoms with Crippen LogP contribution < -0.4 is 10.0 Å². The summed E-state index contributed by atoms with van der Waals surface area (Å²) in [6.07, 6.45) is 0.914. The van der Waals surface area contributed by atoms with E-state index in [2.05, 4.69) is 10.0 Å². The van der Waals surface area contributed by atoms with Crippen LogP contribution in [0.3, 0.4) is 0 Å². The van der Waals surface area contributed by atoms with Gasteiger partial charge in [-0.15, -0.1) is 4.72 Å². The van der Waals surface area contributed by atoms with Crippen LogP contribution in [-0.2, 0) is 17.8 Å². The van der Waals surface area contributed by atoms with E-state index >= 15 is 0 Å². The summed E-state index contributed by atoms with van der Waals surface area (Å²) in [7, 11) is 0. The lowest BCUT2D eigenvalue weighted by molar-refractivity contribution is 0.256. The molecule has 2 aromatic carbocycles. The number of carbonyl (C=O) groups is 1. The molecule has 0 saturated heterocycles. The number of aryl methyl sites for hydroxylation is 1. The Morgan fingerprint density at radius 1 is 1.14 bits per heavy atom. The van der Waals surface area contributed by atoms with Crippen molar-refractivity contribution in [3.8, 4) is 0 Å². The average Bonchev–Trinajstić information content (AvgIpc) is 2.49. The lowest BCUT2D eigenvalue weighted by Gasteiger charge is -2.11. The van der Waals surface area contributed by atoms with Crippen LogP contribution in [0.25, 0.3) is 0 Å². The highest BCUT2D eigenvalue weighted by Crippen LogP contribution is 2.14. The van der Waals surface area contributed by atoms with Crippen LogP contribution >= 0.6 is 11.6 Å². The van der Waals surface area contributed by atoms with Crippen LogP contribution in [-0.4, -0.2) is 10.6 Å². The van der Waals surface area contributed by atoms with Gasteiger partial charge in [0.05, 0.1) is 0 Å². The van der Waals surface area contributed by atoms with Crippen molar-refractivity contribution < 1.29 is 9.35 Å². The van der Waals surface area contributed by atoms with E-state index < -0.39 is 17.4 Å². The zero-order valence-electron chi connectivity index (χ0n) is 11.4. The highest BCUT2D eigenvalue weighted by Gasteiger charge is 2.15. The fourth-order valence-electron chi connectivity index (χ4n) is 1.68. The molecule has 0 aliphatic carbocycles. The van der Waals surface area contributed by atoms with Gasteiger partial charge >= 0.3 is 6.03 Å². The fraction of sp³-hybridized carbons (Fsp3) is 0.133. The van der Waals surface area contributed by atoms with Crippen molar-refractivity contribution >= 4 is 34.7 Å². The third-order valence-electron chi connectivity index (χ3n) is 2.83. The first kappa shape index (κ1) is 15.7. The molecule has 0 radical (unpaired) electrons. The third kappa shape index (κ3) is 4.67. The Kier molecular flexibility index (Phi) is 5.50. The topological polar surface area (TPSA) is 64.2 Å². The molecule has 2 aromatic rings. The summed E-state index contributed by atoms with van der Waals surface area (Å²) < 4.78 is 14.4. The molecule has 2 rings (SSSR count). The maximum atomic E-state index is 12.0. The zero-order chi connectivity index (χ0) is 15.2. The third-order valence-corrected chi connectivity index (χ3v) is 4.16. The summed E-state index contributed by atoms with van der Waals surface area (Å²) in [5.74, 6) is 0. The van der Waals surface area contributed by atoms with E-state index in [1.807, 2.05) is 19.1 Å². The Hall–Kier alpha value is -1.69. The van der Waals surface area contributed by atoms with Crippen LogP contribution in [0.4, 0.5) is 10.5 Å². The fourth-order valence-corrected chi connectivity index (χ4v) is 2.53. The van der Waals surface area contributed by atoms with Crippen LogP contribution in [0.1, 0.15) is 12.5 Å². The minimum absolute atomic E-state index is 0.532. The largest absolute Gasteiger partial charge is 0.588 e. The highest BCUT2D eigenvalue weighted by molar-refractivity contribution is 7.90. The first-order chi connectivity index (χ1) is 10.1. The molecule has 2 amide bonds. The molecule has 4 nitrogen and oxygen atoms in total. The highest BCUT2D eigenvalue weighted by atomic mass is 35.5. The molecule has 0 aliphatic heterocycles. The van der Waals surface area contributed by atoms with E-state index in [0.29, 0.717) is 15.6 Å². The Bertz CT molecular complexity index is 602. The molecule has 0 aliphatic rings. The van der Waals surface area contributed by atoms with Crippen molar-refractivity contribution in [1.82, 2.24) is 4.72 Å². The maximum absolute atomic E-state index is 12.0. The summed E-state index contributed by atoms with van der Waals surface area (Å²) in [6.45, 7) is 2.05. The first-order valence-corrected chi connectivity index (χ1v) is 7.95. The molecule has 6 heteroatoms. The molecule has 110 valence electrons. The Morgan fingerprint density at radius 3 is 2.33 bits per heavy atom. The number of halogens is 1. The van der Waals surface area contributed by atoms with Crippen molar-refractivity contribution in [2.24, 2.45) is 0 Å². The lowest BCUT2D eigenvalue weighted by atomic mass is 10.2. The molecular weight excluding hydrogens is 308 g/mol. The van der Waals surface area contributed by atoms with E-state index in [-0.39, 0.29) is 0 Å². The van der Waals surface area contributed by atoms with Crippen molar-refractivity contribution in [2.75, 3.05) is 5.32 Å². The molecule has 1 atom stereocenters. The standard InChI is InChI=1S/C15H15ClN2O2S/c1-2-11-3-9-14(10-4-11)21(20)18-15(19)17-13-7-5-12(16)6-8-13/h3-10H,2H2,1H3,(H2,17,18,19). The molecule has 21 heavy (non-hydrogen) atoms. The number of anilines is 1. The molecular formula is C15H15ClN2O2S. The van der Waals surface area contributed by atoms with Gasteiger partial charge in [0.2, 0.25) is 0 Å². The van der Waals surface area contributed by atoms with E-state index in [1.165, 1.54) is 0 Å². The number of benzene rings is 2. The average molecular weight is 323 g/mol. The molecule has 0 spiro atoms. The van der Waals surface area contributed by atoms with E-state index in [4.69, 9.17) is 11.6 Å². The van der Waals surface area contributed by atoms with Gasteiger partial charge in [0.15, 0.2) is 4.90 Å². The molecule has 0 fully saturated rings. The van der Waals surface area contributed by atoms with Crippen LogP contribution in [0.2, 0.25) is 5.02 Å². The Morgan fingerprint density at radius 2 is 1.76 bits per heavy atom. The van der Waals surface area contributed by atoms with Gasteiger partial charge < -0.3 is 9.87 Å². The number of nitrogens with one attached hydrogen (secondary N) is 2. The number of rotatable bonds is 4. The van der Waals surface area contributed by atoms with Crippen molar-refractivity contribution in [3.63, 3.8) is 0 Å². The number of urea groups is 1. The summed E-state index contributed by atoms with van der Waals surface area (Å²) in [5, 5.41) is 3.17. The molecule has 0 bridgehead atoms. The van der Waals surface area contributed by atoms with Crippen LogP contribution in [0.5, 0.6) is 0 Å². The van der Waals surface area contributed by atoms with Gasteiger partial charge in [0, 0.05) is 10.7 Å². The van der Waals surface area contributed by atoms with Gasteiger partial charge in [-0.2, -0.15) is 0 Å². The summed E-state index contributed by atoms with van der Waals surface area (Å²) in [4.78, 5) is 12.3. The monoisotopic (exact) mass is 322 g/mol. The Balaban J connectivity index is 1.93. The number of hydrogen-bond donors (Lipinski definition) is 2. The molecule has 2 N–H and O–H groups in total. The molecule has 0 aromatic heterocycles. The van der Waals surface area contributed by atoms with Crippen LogP contribution in [0, 0.1) is 0 Å². The summed E-state index contributed by atoms with van der Waals surface area (Å²) in [6, 6.07) is 13.4. The number of carbonyl (C=O) groups excluding carboxylic acids is 1. The van der Waals surface area contributed by atoms with Crippen molar-refractivity contribution in [2.45, 2.75) is 18.2 Å². The van der Waals surface area contributed by atoms with Gasteiger partial charge in [-0.25, -0.2) is 4.79 Å². The second-order valence-corrected chi connectivity index (χ2v) is 5.98.